The van der Waals surface area contributed by atoms with Gasteiger partial charge in [0.15, 0.2) is 0 Å². The van der Waals surface area contributed by atoms with Crippen LogP contribution < -0.4 is 5.73 Å². The first-order valence-electron chi connectivity index (χ1n) is 3.72. The SMILES string of the molecule is CSC(CN)c1ncc(Br)cc1Cl. The zero-order chi connectivity index (χ0) is 9.84. The number of hydrogen-bond donors (Lipinski definition) is 1. The third-order valence-electron chi connectivity index (χ3n) is 1.64. The molecule has 2 nitrogen and oxygen atoms in total. The Balaban J connectivity index is 2.99. The largest absolute Gasteiger partial charge is 0.329 e. The number of aromatic nitrogens is 1. The van der Waals surface area contributed by atoms with E-state index in [2.05, 4.69) is 20.9 Å². The van der Waals surface area contributed by atoms with Crippen LogP contribution >= 0.6 is 39.3 Å². The van der Waals surface area contributed by atoms with E-state index in [4.69, 9.17) is 17.3 Å². The molecule has 0 amide bonds. The van der Waals surface area contributed by atoms with E-state index in [0.29, 0.717) is 11.6 Å². The lowest BCUT2D eigenvalue weighted by molar-refractivity contribution is 0.900. The zero-order valence-electron chi connectivity index (χ0n) is 7.13. The Morgan fingerprint density at radius 3 is 2.92 bits per heavy atom. The molecule has 0 bridgehead atoms. The molecule has 1 unspecified atom stereocenters. The fourth-order valence-electron chi connectivity index (χ4n) is 0.982. The topological polar surface area (TPSA) is 38.9 Å². The predicted molar refractivity (Wildman–Crippen MR) is 62.3 cm³/mol. The number of rotatable bonds is 3. The van der Waals surface area contributed by atoms with Crippen LogP contribution in [0.4, 0.5) is 0 Å². The summed E-state index contributed by atoms with van der Waals surface area (Å²) in [5.41, 5.74) is 6.45. The smallest absolute Gasteiger partial charge is 0.0732 e. The Labute approximate surface area is 95.4 Å². The van der Waals surface area contributed by atoms with Crippen molar-refractivity contribution >= 4 is 39.3 Å². The van der Waals surface area contributed by atoms with Crippen molar-refractivity contribution in [3.05, 3.63) is 27.5 Å². The Morgan fingerprint density at radius 2 is 2.46 bits per heavy atom. The van der Waals surface area contributed by atoms with E-state index in [-0.39, 0.29) is 5.25 Å². The summed E-state index contributed by atoms with van der Waals surface area (Å²) in [7, 11) is 0. The van der Waals surface area contributed by atoms with Gasteiger partial charge < -0.3 is 5.73 Å². The molecule has 13 heavy (non-hydrogen) atoms. The van der Waals surface area contributed by atoms with Gasteiger partial charge in [-0.2, -0.15) is 11.8 Å². The van der Waals surface area contributed by atoms with Gasteiger partial charge in [0.25, 0.3) is 0 Å². The van der Waals surface area contributed by atoms with E-state index >= 15 is 0 Å². The quantitative estimate of drug-likeness (QED) is 0.926. The van der Waals surface area contributed by atoms with Crippen LogP contribution in [0, 0.1) is 0 Å². The van der Waals surface area contributed by atoms with E-state index in [1.165, 1.54) is 0 Å². The minimum Gasteiger partial charge on any atom is -0.329 e. The molecule has 5 heteroatoms. The molecule has 1 atom stereocenters. The summed E-state index contributed by atoms with van der Waals surface area (Å²) < 4.78 is 0.887. The third kappa shape index (κ3) is 2.84. The highest BCUT2D eigenvalue weighted by Gasteiger charge is 2.13. The molecule has 0 saturated heterocycles. The normalized spacial score (nSPS) is 12.9. The van der Waals surface area contributed by atoms with Crippen molar-refractivity contribution < 1.29 is 0 Å². The summed E-state index contributed by atoms with van der Waals surface area (Å²) in [6, 6.07) is 1.84. The van der Waals surface area contributed by atoms with E-state index in [1.54, 1.807) is 18.0 Å². The summed E-state index contributed by atoms with van der Waals surface area (Å²) in [6.07, 6.45) is 3.73. The molecule has 0 aliphatic carbocycles. The van der Waals surface area contributed by atoms with Crippen molar-refractivity contribution in [3.63, 3.8) is 0 Å². The molecule has 0 aliphatic heterocycles. The fraction of sp³-hybridized carbons (Fsp3) is 0.375. The highest BCUT2D eigenvalue weighted by Crippen LogP contribution is 2.30. The first-order valence-corrected chi connectivity index (χ1v) is 6.18. The van der Waals surface area contributed by atoms with Crippen LogP contribution in [0.2, 0.25) is 5.02 Å². The maximum Gasteiger partial charge on any atom is 0.0732 e. The molecule has 2 N–H and O–H groups in total. The van der Waals surface area contributed by atoms with Gasteiger partial charge in [0.2, 0.25) is 0 Å². The predicted octanol–water partition coefficient (Wildman–Crippen LogP) is 2.86. The Kier molecular flexibility index (Phi) is 4.52. The van der Waals surface area contributed by atoms with Crippen molar-refractivity contribution in [3.8, 4) is 0 Å². The molecule has 1 aromatic rings. The number of nitrogens with two attached hydrogens (primary N) is 1. The summed E-state index contributed by atoms with van der Waals surface area (Å²) in [4.78, 5) is 4.24. The van der Waals surface area contributed by atoms with Crippen molar-refractivity contribution in [2.75, 3.05) is 12.8 Å². The van der Waals surface area contributed by atoms with Crippen LogP contribution in [0.3, 0.4) is 0 Å². The maximum absolute atomic E-state index is 6.02. The van der Waals surface area contributed by atoms with Crippen LogP contribution in [0.15, 0.2) is 16.7 Å². The first-order chi connectivity index (χ1) is 6.19. The van der Waals surface area contributed by atoms with Crippen LogP contribution in [0.1, 0.15) is 10.9 Å². The van der Waals surface area contributed by atoms with Gasteiger partial charge >= 0.3 is 0 Å². The number of pyridine rings is 1. The van der Waals surface area contributed by atoms with Crippen molar-refractivity contribution in [1.82, 2.24) is 4.98 Å². The third-order valence-corrected chi connectivity index (χ3v) is 3.36. The number of thioether (sulfide) groups is 1. The summed E-state index contributed by atoms with van der Waals surface area (Å²) in [5.74, 6) is 0. The van der Waals surface area contributed by atoms with Gasteiger partial charge in [-0.15, -0.1) is 0 Å². The average Bonchev–Trinajstić information content (AvgIpc) is 2.10. The van der Waals surface area contributed by atoms with Crippen LogP contribution in [-0.2, 0) is 0 Å². The Hall–Kier alpha value is 0.230. The first kappa shape index (κ1) is 11.3. The summed E-state index contributed by atoms with van der Waals surface area (Å²) in [6.45, 7) is 0.551. The molecule has 0 radical (unpaired) electrons. The minimum absolute atomic E-state index is 0.181. The number of hydrogen-bond acceptors (Lipinski definition) is 3. The van der Waals surface area contributed by atoms with Gasteiger partial charge in [0.1, 0.15) is 0 Å². The standard InChI is InChI=1S/C8H10BrClN2S/c1-13-7(3-11)8-6(10)2-5(9)4-12-8/h2,4,7H,3,11H2,1H3. The Bertz CT molecular complexity index is 291. The molecule has 1 rings (SSSR count). The highest BCUT2D eigenvalue weighted by molar-refractivity contribution is 9.10. The van der Waals surface area contributed by atoms with E-state index < -0.39 is 0 Å². The van der Waals surface area contributed by atoms with Crippen molar-refractivity contribution in [2.24, 2.45) is 5.73 Å². The molecule has 0 spiro atoms. The molecule has 72 valence electrons. The monoisotopic (exact) mass is 280 g/mol. The van der Waals surface area contributed by atoms with Gasteiger partial charge in [0, 0.05) is 17.2 Å². The highest BCUT2D eigenvalue weighted by atomic mass is 79.9. The molecular weight excluding hydrogens is 272 g/mol. The lowest BCUT2D eigenvalue weighted by Gasteiger charge is -2.12. The van der Waals surface area contributed by atoms with E-state index in [0.717, 1.165) is 10.2 Å². The van der Waals surface area contributed by atoms with Gasteiger partial charge in [-0.1, -0.05) is 11.6 Å². The van der Waals surface area contributed by atoms with Crippen LogP contribution in [0.25, 0.3) is 0 Å². The summed E-state index contributed by atoms with van der Waals surface area (Å²) in [5, 5.41) is 0.847. The lowest BCUT2D eigenvalue weighted by Crippen LogP contribution is -2.10. The molecule has 0 aromatic carbocycles. The number of nitrogens with zero attached hydrogens (tertiary/aromatic N) is 1. The van der Waals surface area contributed by atoms with Gasteiger partial charge in [-0.05, 0) is 28.3 Å². The average molecular weight is 282 g/mol. The minimum atomic E-state index is 0.181. The number of halogens is 2. The second kappa shape index (κ2) is 5.20. The van der Waals surface area contributed by atoms with Gasteiger partial charge in [0.05, 0.1) is 16.0 Å². The summed E-state index contributed by atoms with van der Waals surface area (Å²) >= 11 is 11.0. The fourth-order valence-corrected chi connectivity index (χ4v) is 2.41. The Morgan fingerprint density at radius 1 is 1.77 bits per heavy atom. The zero-order valence-corrected chi connectivity index (χ0v) is 10.3. The second-order valence-corrected chi connectivity index (χ2v) is 4.84. The van der Waals surface area contributed by atoms with Gasteiger partial charge in [-0.25, -0.2) is 0 Å². The molecule has 0 saturated carbocycles. The van der Waals surface area contributed by atoms with Crippen molar-refractivity contribution in [2.45, 2.75) is 5.25 Å². The molecular formula is C8H10BrClN2S. The molecule has 1 heterocycles. The van der Waals surface area contributed by atoms with Gasteiger partial charge in [-0.3, -0.25) is 4.98 Å². The molecule has 0 fully saturated rings. The lowest BCUT2D eigenvalue weighted by atomic mass is 10.2. The van der Waals surface area contributed by atoms with Crippen LogP contribution in [-0.4, -0.2) is 17.8 Å². The molecule has 0 aliphatic rings. The van der Waals surface area contributed by atoms with Crippen LogP contribution in [0.5, 0.6) is 0 Å². The second-order valence-electron chi connectivity index (χ2n) is 2.48. The van der Waals surface area contributed by atoms with Crippen molar-refractivity contribution in [1.29, 1.82) is 0 Å². The van der Waals surface area contributed by atoms with E-state index in [9.17, 15) is 0 Å². The molecule has 1 aromatic heterocycles. The maximum atomic E-state index is 6.02. The van der Waals surface area contributed by atoms with E-state index in [1.807, 2.05) is 12.3 Å².